The van der Waals surface area contributed by atoms with E-state index < -0.39 is 20.0 Å². The molecule has 13 heteroatoms. The van der Waals surface area contributed by atoms with Crippen molar-refractivity contribution in [1.29, 1.82) is 0 Å². The van der Waals surface area contributed by atoms with E-state index >= 15 is 0 Å². The minimum Gasteiger partial charge on any atom is -0.756 e. The molecule has 0 aliphatic heterocycles. The second kappa shape index (κ2) is 23.2. The van der Waals surface area contributed by atoms with E-state index in [2.05, 4.69) is 9.84 Å². The zero-order valence-corrected chi connectivity index (χ0v) is 24.6. The second-order valence-corrected chi connectivity index (χ2v) is 11.5. The maximum atomic E-state index is 12.1. The molecule has 0 aliphatic rings. The Labute approximate surface area is 228 Å². The van der Waals surface area contributed by atoms with Crippen LogP contribution in [0.25, 0.3) is 0 Å². The number of ether oxygens (including phenoxy) is 3. The molecule has 4 N–H and O–H groups in total. The second-order valence-electron chi connectivity index (χ2n) is 10.3. The molecule has 0 saturated heterocycles. The van der Waals surface area contributed by atoms with Crippen LogP contribution >= 0.6 is 7.82 Å². The van der Waals surface area contributed by atoms with E-state index in [0.717, 1.165) is 58.0 Å². The Morgan fingerprint density at radius 3 is 2.08 bits per heavy atom. The monoisotopic (exact) mass is 572 g/mol. The molecule has 0 spiro atoms. The Balaban J connectivity index is 3.50. The van der Waals surface area contributed by atoms with Crippen molar-refractivity contribution < 1.29 is 52.6 Å². The first-order chi connectivity index (χ1) is 17.9. The molecule has 0 saturated carbocycles. The highest BCUT2D eigenvalue weighted by molar-refractivity contribution is 7.44. The van der Waals surface area contributed by atoms with Gasteiger partial charge in [0, 0.05) is 39.7 Å². The van der Waals surface area contributed by atoms with E-state index in [1.54, 1.807) is 0 Å². The van der Waals surface area contributed by atoms with Crippen molar-refractivity contribution in [3.8, 4) is 0 Å². The van der Waals surface area contributed by atoms with Gasteiger partial charge in [0.25, 0.3) is 7.82 Å². The molecule has 0 amide bonds. The van der Waals surface area contributed by atoms with Gasteiger partial charge in [-0.2, -0.15) is 0 Å². The molecular formula is C25H53N2O10P. The summed E-state index contributed by atoms with van der Waals surface area (Å²) in [6, 6.07) is 0. The summed E-state index contributed by atoms with van der Waals surface area (Å²) in [5.41, 5.74) is 0. The van der Waals surface area contributed by atoms with Gasteiger partial charge in [-0.3, -0.25) is 9.36 Å². The normalized spacial score (nSPS) is 15.3. The third kappa shape index (κ3) is 27.1. The number of aliphatic hydroxyl groups excluding tert-OH is 2. The number of quaternary nitrogens is 1. The van der Waals surface area contributed by atoms with E-state index in [4.69, 9.17) is 19.1 Å². The van der Waals surface area contributed by atoms with Crippen LogP contribution in [0.5, 0.6) is 0 Å². The number of aliphatic hydroxyl groups is 2. The maximum absolute atomic E-state index is 12.1. The number of hydrogen-bond acceptors (Lipinski definition) is 10. The van der Waals surface area contributed by atoms with Crippen LogP contribution in [0.2, 0.25) is 0 Å². The first kappa shape index (κ1) is 37.5. The third-order valence-electron chi connectivity index (χ3n) is 5.92. The molecule has 3 unspecified atom stereocenters. The van der Waals surface area contributed by atoms with Crippen molar-refractivity contribution in [3.05, 3.63) is 0 Å². The Kier molecular flexibility index (Phi) is 22.9. The fourth-order valence-corrected chi connectivity index (χ4v) is 3.98. The molecule has 3 atom stereocenters. The summed E-state index contributed by atoms with van der Waals surface area (Å²) < 4.78 is 31.2. The van der Waals surface area contributed by atoms with Crippen LogP contribution in [0, 0.1) is 0 Å². The largest absolute Gasteiger partial charge is 0.756 e. The number of likely N-dealkylation sites (N-methyl/N-ethyl adjacent to an activating group) is 1. The lowest BCUT2D eigenvalue weighted by Gasteiger charge is -2.30. The molecule has 0 aromatic carbocycles. The molecule has 0 bridgehead atoms. The Morgan fingerprint density at radius 2 is 1.47 bits per heavy atom. The molecule has 228 valence electrons. The number of ketones is 1. The van der Waals surface area contributed by atoms with Gasteiger partial charge in [0.15, 0.2) is 0 Å². The molecule has 0 aromatic rings. The summed E-state index contributed by atoms with van der Waals surface area (Å²) in [7, 11) is 0.775. The Hall–Kier alpha value is -0.500. The number of hydrogen-bond donors (Lipinski definition) is 4. The molecule has 0 radical (unpaired) electrons. The van der Waals surface area contributed by atoms with E-state index in [9.17, 15) is 24.5 Å². The highest BCUT2D eigenvalue weighted by Gasteiger charge is 2.16. The smallest absolute Gasteiger partial charge is 0.265 e. The number of nitrogens with one attached hydrogen (secondary N) is 1. The summed E-state index contributed by atoms with van der Waals surface area (Å²) in [6.07, 6.45) is 6.04. The van der Waals surface area contributed by atoms with Crippen LogP contribution in [0.4, 0.5) is 0 Å². The van der Waals surface area contributed by atoms with Gasteiger partial charge >= 0.3 is 0 Å². The summed E-state index contributed by atoms with van der Waals surface area (Å²) in [5, 5.41) is 22.6. The van der Waals surface area contributed by atoms with Gasteiger partial charge < -0.3 is 48.5 Å². The van der Waals surface area contributed by atoms with Gasteiger partial charge in [0.05, 0.1) is 46.6 Å². The predicted octanol–water partition coefficient (Wildman–Crippen LogP) is 0.611. The van der Waals surface area contributed by atoms with Crippen molar-refractivity contribution in [2.75, 3.05) is 87.0 Å². The van der Waals surface area contributed by atoms with Crippen LogP contribution < -0.4 is 10.2 Å². The summed E-state index contributed by atoms with van der Waals surface area (Å²) >= 11 is 0. The summed E-state index contributed by atoms with van der Waals surface area (Å²) in [4.78, 5) is 31.3. The average molecular weight is 573 g/mol. The molecule has 0 fully saturated rings. The molecule has 38 heavy (non-hydrogen) atoms. The van der Waals surface area contributed by atoms with Crippen molar-refractivity contribution in [2.24, 2.45) is 0 Å². The van der Waals surface area contributed by atoms with Crippen LogP contribution in [0.15, 0.2) is 0 Å². The minimum absolute atomic E-state index is 0.0643. The van der Waals surface area contributed by atoms with Gasteiger partial charge in [-0.25, -0.2) is 0 Å². The average Bonchev–Trinajstić information content (AvgIpc) is 2.82. The fraction of sp³-hybridized carbons (Fsp3) is 0.960. The number of phosphoric acid groups is 1. The summed E-state index contributed by atoms with van der Waals surface area (Å²) in [5.74, 6) is 0.266. The lowest BCUT2D eigenvalue weighted by molar-refractivity contribution is -0.890. The molecule has 12 nitrogen and oxygen atoms in total. The number of methoxy groups -OCH3 is 1. The van der Waals surface area contributed by atoms with Crippen LogP contribution in [0.3, 0.4) is 0 Å². The predicted molar refractivity (Wildman–Crippen MR) is 143 cm³/mol. The van der Waals surface area contributed by atoms with Crippen LogP contribution in [-0.2, 0) is 28.1 Å². The molecule has 0 rings (SSSR count). The van der Waals surface area contributed by atoms with Gasteiger partial charge in [-0.1, -0.05) is 6.42 Å². The van der Waals surface area contributed by atoms with Crippen molar-refractivity contribution >= 4 is 13.6 Å². The Bertz CT molecular complexity index is 621. The van der Waals surface area contributed by atoms with Gasteiger partial charge in [0.1, 0.15) is 25.0 Å². The number of Topliss-reactive ketones (excluding diaryl/α,β-unsaturated/α-hetero) is 1. The molecule has 0 heterocycles. The SMILES string of the molecule is COCC(O)COCCCCOCC(O)CNCCCCCC(=O)CCCC[N+](C)(C)CCOP(=O)([O-])O. The number of nitrogens with zero attached hydrogens (tertiary/aromatic N) is 1. The maximum Gasteiger partial charge on any atom is 0.265 e. The third-order valence-corrected chi connectivity index (χ3v) is 6.42. The van der Waals surface area contributed by atoms with E-state index in [1.165, 1.54) is 7.11 Å². The van der Waals surface area contributed by atoms with Gasteiger partial charge in [-0.15, -0.1) is 0 Å². The lowest BCUT2D eigenvalue weighted by Crippen LogP contribution is -2.43. The summed E-state index contributed by atoms with van der Waals surface area (Å²) in [6.45, 7) is 4.36. The number of carbonyl (C=O) groups excluding carboxylic acids is 1. The number of phosphoric ester groups is 1. The topological polar surface area (TPSA) is 167 Å². The van der Waals surface area contributed by atoms with Crippen LogP contribution in [-0.4, -0.2) is 125 Å². The van der Waals surface area contributed by atoms with Crippen molar-refractivity contribution in [2.45, 2.75) is 70.0 Å². The highest BCUT2D eigenvalue weighted by Crippen LogP contribution is 2.29. The number of rotatable bonds is 28. The minimum atomic E-state index is -4.67. The molecule has 0 aromatic heterocycles. The first-order valence-corrected chi connectivity index (χ1v) is 15.2. The number of unbranched alkanes of at least 4 members (excludes halogenated alkanes) is 4. The van der Waals surface area contributed by atoms with E-state index in [-0.39, 0.29) is 32.2 Å². The van der Waals surface area contributed by atoms with E-state index in [1.807, 2.05) is 14.1 Å². The zero-order chi connectivity index (χ0) is 28.7. The first-order valence-electron chi connectivity index (χ1n) is 13.7. The van der Waals surface area contributed by atoms with Crippen molar-refractivity contribution in [1.82, 2.24) is 5.32 Å². The van der Waals surface area contributed by atoms with Crippen LogP contribution in [0.1, 0.15) is 57.8 Å². The molecule has 0 aliphatic carbocycles. The zero-order valence-electron chi connectivity index (χ0n) is 23.7. The lowest BCUT2D eigenvalue weighted by atomic mass is 10.1. The quantitative estimate of drug-likeness (QED) is 0.0589. The van der Waals surface area contributed by atoms with E-state index in [0.29, 0.717) is 43.6 Å². The fourth-order valence-electron chi connectivity index (χ4n) is 3.67. The standard InChI is InChI=1S/C25H53N2O10P/c1-27(2,15-18-37-38(31,32)33)14-8-6-12-23(28)11-5-4-7-13-26-19-24(29)21-35-16-9-10-17-36-22-25(30)20-34-3/h24-26,29-30H,4-22H2,1-3H3,(H-,31,32,33). The van der Waals surface area contributed by atoms with Gasteiger partial charge in [0.2, 0.25) is 0 Å². The van der Waals surface area contributed by atoms with Gasteiger partial charge in [-0.05, 0) is 45.1 Å². The number of carbonyl (C=O) groups is 1. The Morgan fingerprint density at radius 1 is 0.868 bits per heavy atom. The highest BCUT2D eigenvalue weighted by atomic mass is 31.2. The van der Waals surface area contributed by atoms with Crippen molar-refractivity contribution in [3.63, 3.8) is 0 Å². The molecular weight excluding hydrogens is 519 g/mol.